The first-order valence-corrected chi connectivity index (χ1v) is 13.9. The van der Waals surface area contributed by atoms with Crippen LogP contribution in [0.15, 0.2) is 75.7 Å². The monoisotopic (exact) mass is 557 g/mol. The van der Waals surface area contributed by atoms with Crippen LogP contribution in [0.5, 0.6) is 17.2 Å². The number of amides is 1. The predicted octanol–water partition coefficient (Wildman–Crippen LogP) is 3.98. The number of aromatic hydroxyl groups is 1. The molecule has 1 atom stereocenters. The summed E-state index contributed by atoms with van der Waals surface area (Å²) in [6.07, 6.45) is 1.74. The topological polar surface area (TPSA) is 93.4 Å². The van der Waals surface area contributed by atoms with E-state index >= 15 is 0 Å². The van der Waals surface area contributed by atoms with Gasteiger partial charge < -0.3 is 19.5 Å². The fraction of sp³-hybridized carbons (Fsp3) is 0.258. The van der Waals surface area contributed by atoms with Crippen LogP contribution in [0.25, 0.3) is 16.8 Å². The molecule has 206 valence electrons. The molecule has 0 bridgehead atoms. The minimum Gasteiger partial charge on any atom is -0.504 e. The number of fused-ring (bicyclic) bond motifs is 2. The quantitative estimate of drug-likeness (QED) is 0.371. The Bertz CT molecular complexity index is 1830. The molecule has 1 amide bonds. The minimum atomic E-state index is -0.748. The molecule has 4 aromatic rings. The maximum absolute atomic E-state index is 14.2. The van der Waals surface area contributed by atoms with Crippen molar-refractivity contribution in [3.63, 3.8) is 0 Å². The van der Waals surface area contributed by atoms with E-state index in [0.29, 0.717) is 50.8 Å². The molecule has 1 aliphatic heterocycles. The van der Waals surface area contributed by atoms with E-state index in [9.17, 15) is 14.7 Å². The molecule has 3 aromatic carbocycles. The van der Waals surface area contributed by atoms with Crippen LogP contribution < -0.4 is 24.4 Å². The summed E-state index contributed by atoms with van der Waals surface area (Å²) in [7, 11) is 3.07. The lowest BCUT2D eigenvalue weighted by atomic mass is 9.90. The molecule has 0 radical (unpaired) electrons. The largest absolute Gasteiger partial charge is 0.504 e. The van der Waals surface area contributed by atoms with Crippen LogP contribution in [0.1, 0.15) is 37.9 Å². The molecule has 0 aliphatic carbocycles. The van der Waals surface area contributed by atoms with E-state index in [1.165, 1.54) is 24.5 Å². The third kappa shape index (κ3) is 4.56. The molecule has 1 aliphatic rings. The number of methoxy groups -OCH3 is 2. The van der Waals surface area contributed by atoms with Crippen molar-refractivity contribution in [1.82, 2.24) is 9.47 Å². The zero-order valence-corrected chi connectivity index (χ0v) is 23.9. The highest BCUT2D eigenvalue weighted by Gasteiger charge is 2.36. The van der Waals surface area contributed by atoms with Crippen molar-refractivity contribution in [2.75, 3.05) is 27.3 Å². The summed E-state index contributed by atoms with van der Waals surface area (Å²) in [5.41, 5.74) is 2.17. The van der Waals surface area contributed by atoms with Gasteiger partial charge in [0.2, 0.25) is 0 Å². The minimum absolute atomic E-state index is 0.0133. The van der Waals surface area contributed by atoms with Gasteiger partial charge in [-0.3, -0.25) is 14.2 Å². The first-order valence-electron chi connectivity index (χ1n) is 13.1. The van der Waals surface area contributed by atoms with Crippen LogP contribution in [-0.2, 0) is 4.79 Å². The van der Waals surface area contributed by atoms with Gasteiger partial charge in [-0.25, -0.2) is 4.99 Å². The number of carbonyl (C=O) groups excluding carboxylic acids is 1. The second kappa shape index (κ2) is 11.0. The molecule has 1 N–H and O–H groups in total. The molecule has 0 saturated heterocycles. The van der Waals surface area contributed by atoms with Crippen molar-refractivity contribution >= 4 is 34.1 Å². The van der Waals surface area contributed by atoms with Gasteiger partial charge in [0.05, 0.1) is 30.0 Å². The number of benzene rings is 3. The number of thiazole rings is 1. The Balaban J connectivity index is 1.84. The molecule has 0 saturated carbocycles. The van der Waals surface area contributed by atoms with Gasteiger partial charge in [0.1, 0.15) is 11.8 Å². The highest BCUT2D eigenvalue weighted by Crippen LogP contribution is 2.40. The third-order valence-corrected chi connectivity index (χ3v) is 8.21. The lowest BCUT2D eigenvalue weighted by Crippen LogP contribution is -2.43. The Hall–Kier alpha value is -4.37. The van der Waals surface area contributed by atoms with E-state index in [1.54, 1.807) is 34.8 Å². The maximum atomic E-state index is 14.2. The highest BCUT2D eigenvalue weighted by molar-refractivity contribution is 7.07. The number of ether oxygens (including phenoxy) is 2. The van der Waals surface area contributed by atoms with Crippen LogP contribution in [-0.4, -0.2) is 47.8 Å². The summed E-state index contributed by atoms with van der Waals surface area (Å²) in [6, 6.07) is 15.9. The zero-order valence-electron chi connectivity index (χ0n) is 23.1. The van der Waals surface area contributed by atoms with Gasteiger partial charge in [0, 0.05) is 18.7 Å². The molecular weight excluding hydrogens is 526 g/mol. The molecular formula is C31H31N3O5S. The number of phenolic OH excluding ortho intramolecular Hbond substituents is 1. The number of hydrogen-bond donors (Lipinski definition) is 1. The van der Waals surface area contributed by atoms with Gasteiger partial charge in [0.15, 0.2) is 16.3 Å². The Morgan fingerprint density at radius 3 is 2.50 bits per heavy atom. The molecule has 1 aromatic heterocycles. The number of rotatable bonds is 7. The Morgan fingerprint density at radius 2 is 1.80 bits per heavy atom. The average molecular weight is 558 g/mol. The second-order valence-corrected chi connectivity index (χ2v) is 10.4. The fourth-order valence-corrected chi connectivity index (χ4v) is 6.27. The summed E-state index contributed by atoms with van der Waals surface area (Å²) < 4.78 is 13.1. The second-order valence-electron chi connectivity index (χ2n) is 9.39. The summed E-state index contributed by atoms with van der Waals surface area (Å²) in [6.45, 7) is 6.75. The van der Waals surface area contributed by atoms with E-state index in [4.69, 9.17) is 14.5 Å². The molecule has 2 heterocycles. The number of carbonyl (C=O) groups is 1. The van der Waals surface area contributed by atoms with Crippen LogP contribution in [0.3, 0.4) is 0 Å². The van der Waals surface area contributed by atoms with Gasteiger partial charge in [0.25, 0.3) is 11.5 Å². The molecule has 9 heteroatoms. The van der Waals surface area contributed by atoms with Crippen molar-refractivity contribution in [2.24, 2.45) is 4.99 Å². The van der Waals surface area contributed by atoms with E-state index in [2.05, 4.69) is 0 Å². The SMILES string of the molecule is CCN(CC)C(=O)C1=C(C)N=c2s/c(=C/c3ccc(O)c(OC)c3)c(=O)n2[C@@H]1c1c(OC)ccc2ccccc12. The van der Waals surface area contributed by atoms with Gasteiger partial charge in [-0.2, -0.15) is 0 Å². The van der Waals surface area contributed by atoms with Crippen molar-refractivity contribution in [3.05, 3.63) is 96.7 Å². The van der Waals surface area contributed by atoms with Gasteiger partial charge in [-0.05, 0) is 61.4 Å². The molecule has 40 heavy (non-hydrogen) atoms. The first kappa shape index (κ1) is 27.2. The summed E-state index contributed by atoms with van der Waals surface area (Å²) in [5.74, 6) is 0.743. The smallest absolute Gasteiger partial charge is 0.271 e. The summed E-state index contributed by atoms with van der Waals surface area (Å²) in [4.78, 5) is 35.2. The van der Waals surface area contributed by atoms with Crippen LogP contribution >= 0.6 is 11.3 Å². The van der Waals surface area contributed by atoms with Gasteiger partial charge in [-0.1, -0.05) is 47.7 Å². The number of allylic oxidation sites excluding steroid dienone is 1. The Labute approximate surface area is 235 Å². The normalized spacial score (nSPS) is 15.1. The molecule has 0 unspecified atom stereocenters. The van der Waals surface area contributed by atoms with Crippen molar-refractivity contribution in [2.45, 2.75) is 26.8 Å². The van der Waals surface area contributed by atoms with E-state index < -0.39 is 6.04 Å². The van der Waals surface area contributed by atoms with Gasteiger partial charge >= 0.3 is 0 Å². The number of aromatic nitrogens is 1. The number of phenols is 1. The average Bonchev–Trinajstić information content (AvgIpc) is 3.27. The van der Waals surface area contributed by atoms with Crippen molar-refractivity contribution in [1.29, 1.82) is 0 Å². The highest BCUT2D eigenvalue weighted by atomic mass is 32.1. The third-order valence-electron chi connectivity index (χ3n) is 7.23. The fourth-order valence-electron chi connectivity index (χ4n) is 5.22. The molecule has 5 rings (SSSR count). The standard InChI is InChI=1S/C31H31N3O5S/c1-6-33(7-2)30(37)26-18(3)32-31-34(28(26)27-21-11-9-8-10-20(21)13-15-23(27)38-4)29(36)25(40-31)17-19-12-14-22(35)24(16-19)39-5/h8-17,28,35H,6-7H2,1-5H3/b25-17+/t28-/m0/s1. The lowest BCUT2D eigenvalue weighted by molar-refractivity contribution is -0.127. The zero-order chi connectivity index (χ0) is 28.6. The van der Waals surface area contributed by atoms with Crippen LogP contribution in [0.4, 0.5) is 0 Å². The molecule has 0 fully saturated rings. The number of hydrogen-bond acceptors (Lipinski definition) is 7. The number of nitrogens with zero attached hydrogens (tertiary/aromatic N) is 3. The number of likely N-dealkylation sites (N-methyl/N-ethyl adjacent to an activating group) is 1. The van der Waals surface area contributed by atoms with E-state index in [-0.39, 0.29) is 17.2 Å². The maximum Gasteiger partial charge on any atom is 0.271 e. The molecule has 8 nitrogen and oxygen atoms in total. The first-order chi connectivity index (χ1) is 19.3. The van der Waals surface area contributed by atoms with Crippen molar-refractivity contribution < 1.29 is 19.4 Å². The Morgan fingerprint density at radius 1 is 1.07 bits per heavy atom. The summed E-state index contributed by atoms with van der Waals surface area (Å²) >= 11 is 1.25. The van der Waals surface area contributed by atoms with Crippen LogP contribution in [0.2, 0.25) is 0 Å². The molecule has 0 spiro atoms. The summed E-state index contributed by atoms with van der Waals surface area (Å²) in [5, 5.41) is 11.9. The van der Waals surface area contributed by atoms with Crippen LogP contribution in [0, 0.1) is 0 Å². The van der Waals surface area contributed by atoms with Crippen molar-refractivity contribution in [3.8, 4) is 17.2 Å². The van der Waals surface area contributed by atoms with E-state index in [1.807, 2.05) is 57.2 Å². The Kier molecular flexibility index (Phi) is 7.49. The van der Waals surface area contributed by atoms with Gasteiger partial charge in [-0.15, -0.1) is 0 Å². The lowest BCUT2D eigenvalue weighted by Gasteiger charge is -2.30. The van der Waals surface area contributed by atoms with E-state index in [0.717, 1.165) is 16.3 Å². The predicted molar refractivity (Wildman–Crippen MR) is 157 cm³/mol.